The first-order valence-electron chi connectivity index (χ1n) is 6.75. The molecule has 0 aromatic carbocycles. The Labute approximate surface area is 132 Å². The van der Waals surface area contributed by atoms with Crippen LogP contribution in [0.25, 0.3) is 5.95 Å². The van der Waals surface area contributed by atoms with Crippen molar-refractivity contribution in [3.8, 4) is 5.95 Å². The summed E-state index contributed by atoms with van der Waals surface area (Å²) in [6.45, 7) is 4.05. The Bertz CT molecular complexity index is 571. The Kier molecular flexibility index (Phi) is 4.89. The van der Waals surface area contributed by atoms with Crippen molar-refractivity contribution in [1.29, 1.82) is 0 Å². The van der Waals surface area contributed by atoms with Gasteiger partial charge < -0.3 is 5.32 Å². The molecule has 0 saturated carbocycles. The summed E-state index contributed by atoms with van der Waals surface area (Å²) in [6.07, 6.45) is 5.06. The Morgan fingerprint density at radius 2 is 2.10 bits per heavy atom. The van der Waals surface area contributed by atoms with Gasteiger partial charge in [0.15, 0.2) is 0 Å². The Balaban J connectivity index is 1.60. The third-order valence-corrected chi connectivity index (χ3v) is 4.26. The second-order valence-electron chi connectivity index (χ2n) is 4.58. The lowest BCUT2D eigenvalue weighted by Gasteiger charge is -2.25. The molecule has 0 unspecified atom stereocenters. The minimum Gasteiger partial charge on any atom is -0.353 e. The van der Waals surface area contributed by atoms with Gasteiger partial charge in [0.2, 0.25) is 17.2 Å². The molecule has 1 saturated heterocycles. The molecular formula is C12H16ClN7S. The third kappa shape index (κ3) is 4.05. The predicted molar refractivity (Wildman–Crippen MR) is 84.2 cm³/mol. The minimum absolute atomic E-state index is 0.172. The van der Waals surface area contributed by atoms with Crippen LogP contribution < -0.4 is 5.32 Å². The van der Waals surface area contributed by atoms with Gasteiger partial charge in [0.1, 0.15) is 6.33 Å². The molecule has 0 amide bonds. The molecule has 0 spiro atoms. The van der Waals surface area contributed by atoms with E-state index in [2.05, 4.69) is 30.2 Å². The van der Waals surface area contributed by atoms with Gasteiger partial charge in [-0.1, -0.05) is 0 Å². The molecule has 1 aliphatic heterocycles. The number of rotatable bonds is 5. The quantitative estimate of drug-likeness (QED) is 0.884. The standard InChI is InChI=1S/C12H16ClN7S/c13-10-16-11(15-2-3-19-5-7-21-8-6-19)18-12(17-10)20-4-1-14-9-20/h1,4,9H,2-3,5-8H2,(H,15,16,17,18). The maximum absolute atomic E-state index is 5.95. The van der Waals surface area contributed by atoms with E-state index in [4.69, 9.17) is 11.6 Å². The SMILES string of the molecule is Clc1nc(NCCN2CCSCC2)nc(-n2ccnc2)n1. The van der Waals surface area contributed by atoms with Gasteiger partial charge in [-0.2, -0.15) is 26.7 Å². The Hall–Kier alpha value is -1.38. The van der Waals surface area contributed by atoms with Crippen LogP contribution >= 0.6 is 23.4 Å². The van der Waals surface area contributed by atoms with Crippen LogP contribution in [0.3, 0.4) is 0 Å². The molecule has 21 heavy (non-hydrogen) atoms. The van der Waals surface area contributed by atoms with Gasteiger partial charge in [0.25, 0.3) is 0 Å². The van der Waals surface area contributed by atoms with Crippen LogP contribution in [0.1, 0.15) is 0 Å². The topological polar surface area (TPSA) is 71.8 Å². The van der Waals surface area contributed by atoms with Gasteiger partial charge in [-0.3, -0.25) is 9.47 Å². The number of aromatic nitrogens is 5. The largest absolute Gasteiger partial charge is 0.353 e. The van der Waals surface area contributed by atoms with Crippen molar-refractivity contribution >= 4 is 29.3 Å². The van der Waals surface area contributed by atoms with Crippen LogP contribution in [0.2, 0.25) is 5.28 Å². The van der Waals surface area contributed by atoms with Gasteiger partial charge >= 0.3 is 0 Å². The Morgan fingerprint density at radius 3 is 2.86 bits per heavy atom. The van der Waals surface area contributed by atoms with E-state index in [1.54, 1.807) is 23.3 Å². The normalized spacial score (nSPS) is 16.0. The van der Waals surface area contributed by atoms with Crippen molar-refractivity contribution in [2.75, 3.05) is 43.0 Å². The summed E-state index contributed by atoms with van der Waals surface area (Å²) in [5.41, 5.74) is 0. The summed E-state index contributed by atoms with van der Waals surface area (Å²) in [6, 6.07) is 0. The summed E-state index contributed by atoms with van der Waals surface area (Å²) in [4.78, 5) is 18.9. The van der Waals surface area contributed by atoms with E-state index in [9.17, 15) is 0 Å². The predicted octanol–water partition coefficient (Wildman–Crippen LogP) is 1.17. The highest BCUT2D eigenvalue weighted by Crippen LogP contribution is 2.10. The van der Waals surface area contributed by atoms with E-state index >= 15 is 0 Å². The highest BCUT2D eigenvalue weighted by Gasteiger charge is 2.10. The van der Waals surface area contributed by atoms with Gasteiger partial charge in [-0.05, 0) is 11.6 Å². The molecular weight excluding hydrogens is 310 g/mol. The smallest absolute Gasteiger partial charge is 0.241 e. The van der Waals surface area contributed by atoms with Gasteiger partial charge in [0.05, 0.1) is 0 Å². The summed E-state index contributed by atoms with van der Waals surface area (Å²) >= 11 is 7.96. The molecule has 2 aromatic heterocycles. The molecule has 3 rings (SSSR count). The number of nitrogens with one attached hydrogen (secondary N) is 1. The van der Waals surface area contributed by atoms with Crippen LogP contribution in [0, 0.1) is 0 Å². The molecule has 112 valence electrons. The fourth-order valence-electron chi connectivity index (χ4n) is 2.06. The van der Waals surface area contributed by atoms with Crippen LogP contribution in [0.15, 0.2) is 18.7 Å². The number of hydrogen-bond acceptors (Lipinski definition) is 7. The van der Waals surface area contributed by atoms with Crippen molar-refractivity contribution in [3.05, 3.63) is 24.0 Å². The van der Waals surface area contributed by atoms with Crippen molar-refractivity contribution in [2.24, 2.45) is 0 Å². The number of anilines is 1. The molecule has 0 radical (unpaired) electrons. The monoisotopic (exact) mass is 325 g/mol. The van der Waals surface area contributed by atoms with E-state index in [0.29, 0.717) is 11.9 Å². The zero-order valence-corrected chi connectivity index (χ0v) is 13.0. The lowest BCUT2D eigenvalue weighted by Crippen LogP contribution is -2.36. The fraction of sp³-hybridized carbons (Fsp3) is 0.500. The van der Waals surface area contributed by atoms with E-state index in [0.717, 1.165) is 26.2 Å². The van der Waals surface area contributed by atoms with Gasteiger partial charge in [0, 0.05) is 50.1 Å². The minimum atomic E-state index is 0.172. The molecule has 3 heterocycles. The van der Waals surface area contributed by atoms with Crippen molar-refractivity contribution in [3.63, 3.8) is 0 Å². The molecule has 0 bridgehead atoms. The van der Waals surface area contributed by atoms with Crippen LogP contribution in [0.5, 0.6) is 0 Å². The molecule has 2 aromatic rings. The number of halogens is 1. The van der Waals surface area contributed by atoms with Crippen LogP contribution in [-0.2, 0) is 0 Å². The summed E-state index contributed by atoms with van der Waals surface area (Å²) in [5.74, 6) is 3.37. The van der Waals surface area contributed by atoms with Crippen molar-refractivity contribution in [2.45, 2.75) is 0 Å². The second-order valence-corrected chi connectivity index (χ2v) is 6.14. The average Bonchev–Trinajstić information content (AvgIpc) is 3.02. The van der Waals surface area contributed by atoms with Gasteiger partial charge in [-0.15, -0.1) is 0 Å². The number of thioether (sulfide) groups is 1. The number of nitrogens with zero attached hydrogens (tertiary/aromatic N) is 6. The highest BCUT2D eigenvalue weighted by atomic mass is 35.5. The second kappa shape index (κ2) is 7.06. The highest BCUT2D eigenvalue weighted by molar-refractivity contribution is 7.99. The number of imidazole rings is 1. The fourth-order valence-corrected chi connectivity index (χ4v) is 3.20. The first-order chi connectivity index (χ1) is 10.3. The first-order valence-corrected chi connectivity index (χ1v) is 8.28. The Morgan fingerprint density at radius 1 is 1.24 bits per heavy atom. The first kappa shape index (κ1) is 14.6. The van der Waals surface area contributed by atoms with Crippen molar-refractivity contribution < 1.29 is 0 Å². The van der Waals surface area contributed by atoms with E-state index in [1.165, 1.54) is 11.5 Å². The molecule has 7 nitrogen and oxygen atoms in total. The summed E-state index contributed by atoms with van der Waals surface area (Å²) < 4.78 is 1.70. The van der Waals surface area contributed by atoms with E-state index < -0.39 is 0 Å². The summed E-state index contributed by atoms with van der Waals surface area (Å²) in [7, 11) is 0. The molecule has 1 N–H and O–H groups in total. The zero-order valence-electron chi connectivity index (χ0n) is 11.4. The molecule has 0 aliphatic carbocycles. The van der Waals surface area contributed by atoms with Gasteiger partial charge in [-0.25, -0.2) is 4.98 Å². The van der Waals surface area contributed by atoms with E-state index in [-0.39, 0.29) is 5.28 Å². The maximum atomic E-state index is 5.95. The lowest BCUT2D eigenvalue weighted by atomic mass is 10.4. The zero-order chi connectivity index (χ0) is 14.5. The molecule has 9 heteroatoms. The van der Waals surface area contributed by atoms with Crippen LogP contribution in [-0.4, -0.2) is 67.1 Å². The average molecular weight is 326 g/mol. The summed E-state index contributed by atoms with van der Waals surface area (Å²) in [5, 5.41) is 3.38. The lowest BCUT2D eigenvalue weighted by molar-refractivity contribution is 0.314. The molecule has 0 atom stereocenters. The van der Waals surface area contributed by atoms with Crippen LogP contribution in [0.4, 0.5) is 5.95 Å². The van der Waals surface area contributed by atoms with E-state index in [1.807, 2.05) is 11.8 Å². The van der Waals surface area contributed by atoms with Crippen molar-refractivity contribution in [1.82, 2.24) is 29.4 Å². The molecule has 1 aliphatic rings. The maximum Gasteiger partial charge on any atom is 0.241 e. The number of hydrogen-bond donors (Lipinski definition) is 1. The molecule has 1 fully saturated rings. The third-order valence-electron chi connectivity index (χ3n) is 3.15.